The second-order valence-corrected chi connectivity index (χ2v) is 3.25. The van der Waals surface area contributed by atoms with Gasteiger partial charge in [-0.25, -0.2) is 4.68 Å². The van der Waals surface area contributed by atoms with Crippen molar-refractivity contribution in [2.24, 2.45) is 7.05 Å². The summed E-state index contributed by atoms with van der Waals surface area (Å²) < 4.78 is 40.8. The van der Waals surface area contributed by atoms with E-state index in [4.69, 9.17) is 0 Å². The molecule has 1 rings (SSSR count). The molecule has 0 saturated carbocycles. The molecular weight excluding hydrogens is 227 g/mol. The van der Waals surface area contributed by atoms with E-state index in [2.05, 4.69) is 15.0 Å². The molecule has 1 N–H and O–H groups in total. The SMILES string of the molecule is Cn1nncc1C(O)CCOCC(F)(F)F. The number of aromatic nitrogens is 3. The highest BCUT2D eigenvalue weighted by atomic mass is 19.4. The number of alkyl halides is 3. The van der Waals surface area contributed by atoms with Gasteiger partial charge < -0.3 is 9.84 Å². The average Bonchev–Trinajstić information content (AvgIpc) is 2.57. The smallest absolute Gasteiger partial charge is 0.387 e. The maximum absolute atomic E-state index is 11.7. The lowest BCUT2D eigenvalue weighted by molar-refractivity contribution is -0.175. The van der Waals surface area contributed by atoms with Crippen LogP contribution in [0.25, 0.3) is 0 Å². The van der Waals surface area contributed by atoms with Crippen LogP contribution in [0.5, 0.6) is 0 Å². The van der Waals surface area contributed by atoms with Crippen LogP contribution in [0.2, 0.25) is 0 Å². The Balaban J connectivity index is 2.26. The zero-order valence-corrected chi connectivity index (χ0v) is 8.61. The number of aryl methyl sites for hydroxylation is 1. The third-order valence-electron chi connectivity index (χ3n) is 1.89. The number of ether oxygens (including phenoxy) is 1. The summed E-state index contributed by atoms with van der Waals surface area (Å²) in [7, 11) is 1.59. The van der Waals surface area contributed by atoms with Gasteiger partial charge in [-0.1, -0.05) is 5.21 Å². The van der Waals surface area contributed by atoms with Crippen molar-refractivity contribution in [3.05, 3.63) is 11.9 Å². The van der Waals surface area contributed by atoms with Gasteiger partial charge in [-0.15, -0.1) is 5.10 Å². The minimum Gasteiger partial charge on any atom is -0.387 e. The highest BCUT2D eigenvalue weighted by molar-refractivity contribution is 4.97. The molecule has 1 heterocycles. The van der Waals surface area contributed by atoms with E-state index < -0.39 is 18.9 Å². The fourth-order valence-electron chi connectivity index (χ4n) is 1.13. The molecule has 92 valence electrons. The van der Waals surface area contributed by atoms with Crippen LogP contribution >= 0.6 is 0 Å². The van der Waals surface area contributed by atoms with Crippen molar-refractivity contribution in [1.82, 2.24) is 15.0 Å². The number of rotatable bonds is 5. The fourth-order valence-corrected chi connectivity index (χ4v) is 1.13. The van der Waals surface area contributed by atoms with Gasteiger partial charge in [-0.2, -0.15) is 13.2 Å². The summed E-state index contributed by atoms with van der Waals surface area (Å²) in [5.41, 5.74) is 0.440. The summed E-state index contributed by atoms with van der Waals surface area (Å²) >= 11 is 0. The van der Waals surface area contributed by atoms with Gasteiger partial charge in [-0.3, -0.25) is 0 Å². The molecule has 16 heavy (non-hydrogen) atoms. The first-order valence-electron chi connectivity index (χ1n) is 4.57. The van der Waals surface area contributed by atoms with Crippen molar-refractivity contribution in [3.8, 4) is 0 Å². The third-order valence-corrected chi connectivity index (χ3v) is 1.89. The lowest BCUT2D eigenvalue weighted by Gasteiger charge is -2.11. The first-order valence-corrected chi connectivity index (χ1v) is 4.57. The molecule has 0 aliphatic rings. The molecule has 0 fully saturated rings. The molecular formula is C8H12F3N3O2. The topological polar surface area (TPSA) is 60.2 Å². The number of aliphatic hydroxyl groups is 1. The van der Waals surface area contributed by atoms with Gasteiger partial charge in [-0.05, 0) is 0 Å². The van der Waals surface area contributed by atoms with Crippen molar-refractivity contribution >= 4 is 0 Å². The summed E-state index contributed by atoms with van der Waals surface area (Å²) in [6.07, 6.45) is -3.83. The molecule has 0 saturated heterocycles. The van der Waals surface area contributed by atoms with E-state index in [0.29, 0.717) is 5.69 Å². The first-order chi connectivity index (χ1) is 7.40. The highest BCUT2D eigenvalue weighted by Crippen LogP contribution is 2.17. The summed E-state index contributed by atoms with van der Waals surface area (Å²) in [6.45, 7) is -1.48. The van der Waals surface area contributed by atoms with Crippen molar-refractivity contribution in [2.75, 3.05) is 13.2 Å². The standard InChI is InChI=1S/C8H12F3N3O2/c1-14-6(4-12-13-14)7(15)2-3-16-5-8(9,10)11/h4,7,15H,2-3,5H2,1H3. The normalized spacial score (nSPS) is 14.1. The quantitative estimate of drug-likeness (QED) is 0.773. The number of hydrogen-bond donors (Lipinski definition) is 1. The lowest BCUT2D eigenvalue weighted by Crippen LogP contribution is -2.18. The van der Waals surface area contributed by atoms with Crippen LogP contribution in [0, 0.1) is 0 Å². The van der Waals surface area contributed by atoms with E-state index in [-0.39, 0.29) is 13.0 Å². The van der Waals surface area contributed by atoms with Crippen molar-refractivity contribution < 1.29 is 23.0 Å². The molecule has 1 aromatic rings. The molecule has 0 amide bonds. The molecule has 1 unspecified atom stereocenters. The van der Waals surface area contributed by atoms with Crippen LogP contribution in [-0.4, -0.2) is 39.5 Å². The molecule has 0 bridgehead atoms. The van der Waals surface area contributed by atoms with Crippen LogP contribution in [0.1, 0.15) is 18.2 Å². The zero-order valence-electron chi connectivity index (χ0n) is 8.61. The first kappa shape index (κ1) is 12.9. The predicted octanol–water partition coefficient (Wildman–Crippen LogP) is 0.817. The highest BCUT2D eigenvalue weighted by Gasteiger charge is 2.27. The molecule has 0 aliphatic carbocycles. The van der Waals surface area contributed by atoms with Gasteiger partial charge in [0, 0.05) is 20.1 Å². The lowest BCUT2D eigenvalue weighted by atomic mass is 10.2. The monoisotopic (exact) mass is 239 g/mol. The number of nitrogens with zero attached hydrogens (tertiary/aromatic N) is 3. The molecule has 0 aliphatic heterocycles. The van der Waals surface area contributed by atoms with Gasteiger partial charge in [0.25, 0.3) is 0 Å². The van der Waals surface area contributed by atoms with Crippen LogP contribution in [0.4, 0.5) is 13.2 Å². The van der Waals surface area contributed by atoms with Crippen molar-refractivity contribution in [2.45, 2.75) is 18.7 Å². The number of halogens is 3. The van der Waals surface area contributed by atoms with Crippen LogP contribution in [-0.2, 0) is 11.8 Å². The molecule has 0 radical (unpaired) electrons. The summed E-state index contributed by atoms with van der Waals surface area (Å²) in [5, 5.41) is 16.7. The minimum atomic E-state index is -4.33. The second kappa shape index (κ2) is 5.26. The second-order valence-electron chi connectivity index (χ2n) is 3.25. The molecule has 0 aromatic carbocycles. The maximum Gasteiger partial charge on any atom is 0.411 e. The molecule has 1 atom stereocenters. The van der Waals surface area contributed by atoms with Gasteiger partial charge >= 0.3 is 6.18 Å². The Hall–Kier alpha value is -1.15. The molecule has 0 spiro atoms. The predicted molar refractivity (Wildman–Crippen MR) is 47.5 cm³/mol. The van der Waals surface area contributed by atoms with Crippen LogP contribution < -0.4 is 0 Å². The van der Waals surface area contributed by atoms with E-state index in [0.717, 1.165) is 0 Å². The van der Waals surface area contributed by atoms with E-state index >= 15 is 0 Å². The summed E-state index contributed by atoms with van der Waals surface area (Å²) in [4.78, 5) is 0. The zero-order chi connectivity index (χ0) is 12.2. The summed E-state index contributed by atoms with van der Waals surface area (Å²) in [5.74, 6) is 0. The third kappa shape index (κ3) is 4.15. The Morgan fingerprint density at radius 2 is 2.25 bits per heavy atom. The molecule has 8 heteroatoms. The Morgan fingerprint density at radius 1 is 1.56 bits per heavy atom. The van der Waals surface area contributed by atoms with Gasteiger partial charge in [0.1, 0.15) is 6.61 Å². The van der Waals surface area contributed by atoms with Gasteiger partial charge in [0.2, 0.25) is 0 Å². The van der Waals surface area contributed by atoms with E-state index in [1.54, 1.807) is 7.05 Å². The Kier molecular flexibility index (Phi) is 4.25. The number of aliphatic hydroxyl groups excluding tert-OH is 1. The largest absolute Gasteiger partial charge is 0.411 e. The van der Waals surface area contributed by atoms with Crippen LogP contribution in [0.3, 0.4) is 0 Å². The minimum absolute atomic E-state index is 0.0668. The molecule has 5 nitrogen and oxygen atoms in total. The summed E-state index contributed by atoms with van der Waals surface area (Å²) in [6, 6.07) is 0. The Bertz CT molecular complexity index is 327. The van der Waals surface area contributed by atoms with Gasteiger partial charge in [0.15, 0.2) is 0 Å². The van der Waals surface area contributed by atoms with E-state index in [1.165, 1.54) is 10.9 Å². The van der Waals surface area contributed by atoms with E-state index in [9.17, 15) is 18.3 Å². The average molecular weight is 239 g/mol. The van der Waals surface area contributed by atoms with Crippen LogP contribution in [0.15, 0.2) is 6.20 Å². The Labute approximate surface area is 89.8 Å². The van der Waals surface area contributed by atoms with E-state index in [1.807, 2.05) is 0 Å². The fraction of sp³-hybridized carbons (Fsp3) is 0.750. The molecule has 1 aromatic heterocycles. The Morgan fingerprint density at radius 3 is 2.75 bits per heavy atom. The van der Waals surface area contributed by atoms with Crippen molar-refractivity contribution in [3.63, 3.8) is 0 Å². The van der Waals surface area contributed by atoms with Gasteiger partial charge in [0.05, 0.1) is 18.0 Å². The van der Waals surface area contributed by atoms with Crippen molar-refractivity contribution in [1.29, 1.82) is 0 Å². The number of hydrogen-bond acceptors (Lipinski definition) is 4. The maximum atomic E-state index is 11.7.